The molecule has 2 bridgehead atoms. The molecular weight excluding hydrogens is 232 g/mol. The van der Waals surface area contributed by atoms with Crippen LogP contribution in [-0.4, -0.2) is 29.6 Å². The Labute approximate surface area is 117 Å². The van der Waals surface area contributed by atoms with Gasteiger partial charge in [0.2, 0.25) is 0 Å². The summed E-state index contributed by atoms with van der Waals surface area (Å²) in [5.74, 6) is 0.951. The van der Waals surface area contributed by atoms with Gasteiger partial charge in [0.1, 0.15) is 0 Å². The molecule has 1 heterocycles. The Morgan fingerprint density at radius 3 is 2.63 bits per heavy atom. The first-order valence-electron chi connectivity index (χ1n) is 7.72. The van der Waals surface area contributed by atoms with Crippen molar-refractivity contribution in [2.24, 2.45) is 11.7 Å². The van der Waals surface area contributed by atoms with Crippen LogP contribution in [0, 0.1) is 5.92 Å². The minimum atomic E-state index is 0.190. The molecule has 2 heteroatoms. The first kappa shape index (κ1) is 13.1. The molecule has 1 saturated heterocycles. The first-order valence-corrected chi connectivity index (χ1v) is 7.72. The zero-order valence-electron chi connectivity index (χ0n) is 12.0. The van der Waals surface area contributed by atoms with E-state index in [0.29, 0.717) is 0 Å². The number of likely N-dealkylation sites (tertiary alicyclic amines) is 1. The van der Waals surface area contributed by atoms with E-state index in [4.69, 9.17) is 5.73 Å². The fourth-order valence-corrected chi connectivity index (χ4v) is 4.01. The third kappa shape index (κ3) is 2.56. The van der Waals surface area contributed by atoms with E-state index in [2.05, 4.69) is 42.2 Å². The minimum Gasteiger partial charge on any atom is -0.329 e. The van der Waals surface area contributed by atoms with Gasteiger partial charge in [0.25, 0.3) is 0 Å². The normalized spacial score (nSPS) is 29.6. The number of hydrogen-bond donors (Lipinski definition) is 1. The highest BCUT2D eigenvalue weighted by Gasteiger charge is 2.45. The van der Waals surface area contributed by atoms with Gasteiger partial charge in [-0.25, -0.2) is 0 Å². The van der Waals surface area contributed by atoms with Gasteiger partial charge in [-0.05, 0) is 50.5 Å². The summed E-state index contributed by atoms with van der Waals surface area (Å²) in [7, 11) is 0. The second-order valence-electron chi connectivity index (χ2n) is 6.67. The van der Waals surface area contributed by atoms with Gasteiger partial charge in [-0.1, -0.05) is 30.3 Å². The lowest BCUT2D eigenvalue weighted by molar-refractivity contribution is 0.0677. The van der Waals surface area contributed by atoms with Crippen LogP contribution in [0.25, 0.3) is 0 Å². The number of fused-ring (bicyclic) bond motifs is 2. The molecule has 104 valence electrons. The summed E-state index contributed by atoms with van der Waals surface area (Å²) in [4.78, 5) is 2.73. The van der Waals surface area contributed by atoms with E-state index < -0.39 is 0 Å². The van der Waals surface area contributed by atoms with Gasteiger partial charge in [0.05, 0.1) is 0 Å². The molecule has 2 N–H and O–H groups in total. The average molecular weight is 258 g/mol. The van der Waals surface area contributed by atoms with Crippen molar-refractivity contribution in [3.05, 3.63) is 35.9 Å². The fourth-order valence-electron chi connectivity index (χ4n) is 4.01. The average Bonchev–Trinajstić information content (AvgIpc) is 3.09. The molecule has 0 aromatic heterocycles. The molecule has 1 aliphatic heterocycles. The molecule has 3 unspecified atom stereocenters. The summed E-state index contributed by atoms with van der Waals surface area (Å²) in [5.41, 5.74) is 7.77. The SMILES string of the molecule is CC(CN)(CCc1ccccc1)N1CC2CCC1C2. The summed E-state index contributed by atoms with van der Waals surface area (Å²) in [6, 6.07) is 11.6. The summed E-state index contributed by atoms with van der Waals surface area (Å²) >= 11 is 0. The summed E-state index contributed by atoms with van der Waals surface area (Å²) in [5, 5.41) is 0. The smallest absolute Gasteiger partial charge is 0.0309 e. The van der Waals surface area contributed by atoms with E-state index in [-0.39, 0.29) is 5.54 Å². The number of nitrogens with two attached hydrogens (primary N) is 1. The Bertz CT molecular complexity index is 417. The Morgan fingerprint density at radius 1 is 1.26 bits per heavy atom. The molecule has 0 spiro atoms. The number of hydrogen-bond acceptors (Lipinski definition) is 2. The lowest BCUT2D eigenvalue weighted by atomic mass is 9.89. The van der Waals surface area contributed by atoms with Crippen molar-refractivity contribution < 1.29 is 0 Å². The van der Waals surface area contributed by atoms with Crippen LogP contribution < -0.4 is 5.73 Å². The maximum atomic E-state index is 6.14. The first-order chi connectivity index (χ1) is 9.21. The van der Waals surface area contributed by atoms with Gasteiger partial charge in [0, 0.05) is 24.7 Å². The van der Waals surface area contributed by atoms with Gasteiger partial charge in [-0.2, -0.15) is 0 Å². The molecule has 2 fully saturated rings. The van der Waals surface area contributed by atoms with E-state index in [1.54, 1.807) is 0 Å². The molecule has 3 atom stereocenters. The van der Waals surface area contributed by atoms with Gasteiger partial charge in [0.15, 0.2) is 0 Å². The third-order valence-electron chi connectivity index (χ3n) is 5.34. The van der Waals surface area contributed by atoms with Crippen LogP contribution in [0.4, 0.5) is 0 Å². The zero-order valence-corrected chi connectivity index (χ0v) is 12.0. The molecule has 19 heavy (non-hydrogen) atoms. The van der Waals surface area contributed by atoms with E-state index in [1.807, 2.05) is 0 Å². The summed E-state index contributed by atoms with van der Waals surface area (Å²) < 4.78 is 0. The molecule has 1 aliphatic carbocycles. The van der Waals surface area contributed by atoms with Crippen molar-refractivity contribution in [3.63, 3.8) is 0 Å². The lowest BCUT2D eigenvalue weighted by Gasteiger charge is -2.43. The van der Waals surface area contributed by atoms with Gasteiger partial charge < -0.3 is 5.73 Å². The predicted molar refractivity (Wildman–Crippen MR) is 80.1 cm³/mol. The van der Waals surface area contributed by atoms with Crippen molar-refractivity contribution in [2.75, 3.05) is 13.1 Å². The Morgan fingerprint density at radius 2 is 2.05 bits per heavy atom. The maximum Gasteiger partial charge on any atom is 0.0309 e. The van der Waals surface area contributed by atoms with Crippen molar-refractivity contribution >= 4 is 0 Å². The summed E-state index contributed by atoms with van der Waals surface area (Å²) in [6.45, 7) is 4.44. The second kappa shape index (κ2) is 5.26. The molecule has 1 saturated carbocycles. The standard InChI is InChI=1S/C17H26N2/c1-17(13-18,10-9-14-5-3-2-4-6-14)19-12-15-7-8-16(19)11-15/h2-6,15-16H,7-13,18H2,1H3. The Balaban J connectivity index is 1.66. The summed E-state index contributed by atoms with van der Waals surface area (Å²) in [6.07, 6.45) is 6.58. The highest BCUT2D eigenvalue weighted by atomic mass is 15.3. The molecular formula is C17H26N2. The molecule has 2 nitrogen and oxygen atoms in total. The van der Waals surface area contributed by atoms with E-state index in [9.17, 15) is 0 Å². The van der Waals surface area contributed by atoms with Crippen molar-refractivity contribution in [1.82, 2.24) is 4.90 Å². The Kier molecular flexibility index (Phi) is 3.64. The molecule has 0 radical (unpaired) electrons. The van der Waals surface area contributed by atoms with Crippen LogP contribution in [0.15, 0.2) is 30.3 Å². The van der Waals surface area contributed by atoms with Crippen LogP contribution in [0.1, 0.15) is 38.2 Å². The number of rotatable bonds is 5. The second-order valence-corrected chi connectivity index (χ2v) is 6.67. The molecule has 1 aromatic carbocycles. The fraction of sp³-hybridized carbons (Fsp3) is 0.647. The molecule has 1 aromatic rings. The maximum absolute atomic E-state index is 6.14. The topological polar surface area (TPSA) is 29.3 Å². The van der Waals surface area contributed by atoms with E-state index in [0.717, 1.165) is 24.9 Å². The molecule has 3 rings (SSSR count). The van der Waals surface area contributed by atoms with Crippen molar-refractivity contribution in [2.45, 2.75) is 50.6 Å². The molecule has 0 amide bonds. The van der Waals surface area contributed by atoms with Crippen LogP contribution in [-0.2, 0) is 6.42 Å². The van der Waals surface area contributed by atoms with Crippen LogP contribution in [0.3, 0.4) is 0 Å². The quantitative estimate of drug-likeness (QED) is 0.880. The van der Waals surface area contributed by atoms with Crippen molar-refractivity contribution in [1.29, 1.82) is 0 Å². The number of piperidine rings is 1. The molecule has 2 aliphatic rings. The number of aryl methyl sites for hydroxylation is 1. The lowest BCUT2D eigenvalue weighted by Crippen LogP contribution is -2.54. The Hall–Kier alpha value is -0.860. The van der Waals surface area contributed by atoms with Crippen LogP contribution >= 0.6 is 0 Å². The highest BCUT2D eigenvalue weighted by Crippen LogP contribution is 2.42. The van der Waals surface area contributed by atoms with Gasteiger partial charge in [-0.3, -0.25) is 4.90 Å². The van der Waals surface area contributed by atoms with Gasteiger partial charge >= 0.3 is 0 Å². The minimum absolute atomic E-state index is 0.190. The van der Waals surface area contributed by atoms with Crippen molar-refractivity contribution in [3.8, 4) is 0 Å². The predicted octanol–water partition coefficient (Wildman–Crippen LogP) is 2.82. The third-order valence-corrected chi connectivity index (χ3v) is 5.34. The van der Waals surface area contributed by atoms with E-state index >= 15 is 0 Å². The zero-order chi connectivity index (χ0) is 13.3. The number of nitrogens with zero attached hydrogens (tertiary/aromatic N) is 1. The van der Waals surface area contributed by atoms with Crippen LogP contribution in [0.2, 0.25) is 0 Å². The van der Waals surface area contributed by atoms with Crippen LogP contribution in [0.5, 0.6) is 0 Å². The van der Waals surface area contributed by atoms with E-state index in [1.165, 1.54) is 37.8 Å². The number of benzene rings is 1. The monoisotopic (exact) mass is 258 g/mol. The largest absolute Gasteiger partial charge is 0.329 e. The highest BCUT2D eigenvalue weighted by molar-refractivity contribution is 5.15. The van der Waals surface area contributed by atoms with Gasteiger partial charge in [-0.15, -0.1) is 0 Å².